The third-order valence-electron chi connectivity index (χ3n) is 1.62. The van der Waals surface area contributed by atoms with E-state index in [0.29, 0.717) is 13.1 Å². The molecule has 0 radical (unpaired) electrons. The molecule has 1 aromatic heterocycles. The lowest BCUT2D eigenvalue weighted by Gasteiger charge is -2.18. The highest BCUT2D eigenvalue weighted by molar-refractivity contribution is 7.13. The lowest BCUT2D eigenvalue weighted by molar-refractivity contribution is 0.281. The Bertz CT molecular complexity index is 246. The van der Waals surface area contributed by atoms with E-state index in [1.54, 1.807) is 0 Å². The molecule has 0 atom stereocenters. The molecule has 13 heavy (non-hydrogen) atoms. The predicted octanol–water partition coefficient (Wildman–Crippen LogP) is 0.243. The summed E-state index contributed by atoms with van der Waals surface area (Å²) in [5, 5.41) is 20.4. The number of hydrogen-bond donors (Lipinski definition) is 2. The number of aliphatic hydroxyl groups is 2. The number of nitrogens with zero attached hydrogens (tertiary/aromatic N) is 2. The Morgan fingerprint density at radius 1 is 1.38 bits per heavy atom. The lowest BCUT2D eigenvalue weighted by Crippen LogP contribution is -2.29. The number of aryl methyl sites for hydroxylation is 1. The summed E-state index contributed by atoms with van der Waals surface area (Å²) < 4.78 is 0. The third-order valence-corrected chi connectivity index (χ3v) is 2.64. The average molecular weight is 202 g/mol. The summed E-state index contributed by atoms with van der Waals surface area (Å²) in [6, 6.07) is 0. The van der Waals surface area contributed by atoms with Crippen LogP contribution in [0, 0.1) is 6.92 Å². The lowest BCUT2D eigenvalue weighted by atomic mass is 10.5. The Labute approximate surface area is 81.5 Å². The molecule has 1 aromatic rings. The highest BCUT2D eigenvalue weighted by Gasteiger charge is 2.08. The van der Waals surface area contributed by atoms with Crippen LogP contribution in [0.4, 0.5) is 5.13 Å². The minimum absolute atomic E-state index is 0.0820. The van der Waals surface area contributed by atoms with Gasteiger partial charge in [-0.3, -0.25) is 0 Å². The van der Waals surface area contributed by atoms with Gasteiger partial charge in [0.1, 0.15) is 0 Å². The monoisotopic (exact) mass is 202 g/mol. The van der Waals surface area contributed by atoms with Gasteiger partial charge in [0.15, 0.2) is 5.13 Å². The van der Waals surface area contributed by atoms with Gasteiger partial charge in [-0.2, -0.15) is 0 Å². The van der Waals surface area contributed by atoms with Crippen molar-refractivity contribution in [1.82, 2.24) is 4.98 Å². The van der Waals surface area contributed by atoms with E-state index < -0.39 is 0 Å². The molecule has 0 aliphatic carbocycles. The Morgan fingerprint density at radius 3 is 2.38 bits per heavy atom. The third kappa shape index (κ3) is 2.95. The molecule has 2 N–H and O–H groups in total. The van der Waals surface area contributed by atoms with Crippen LogP contribution in [0.2, 0.25) is 0 Å². The van der Waals surface area contributed by atoms with Gasteiger partial charge in [0.2, 0.25) is 0 Å². The number of rotatable bonds is 5. The minimum atomic E-state index is 0.0820. The maximum Gasteiger partial charge on any atom is 0.185 e. The topological polar surface area (TPSA) is 56.6 Å². The van der Waals surface area contributed by atoms with Gasteiger partial charge in [-0.05, 0) is 6.92 Å². The van der Waals surface area contributed by atoms with Crippen LogP contribution >= 0.6 is 11.3 Å². The van der Waals surface area contributed by atoms with Gasteiger partial charge in [0, 0.05) is 18.5 Å². The second kappa shape index (κ2) is 5.16. The van der Waals surface area contributed by atoms with Crippen molar-refractivity contribution in [3.63, 3.8) is 0 Å². The van der Waals surface area contributed by atoms with E-state index in [1.807, 2.05) is 17.2 Å². The molecule has 0 saturated heterocycles. The maximum atomic E-state index is 8.78. The standard InChI is InChI=1S/C8H14N2O2S/c1-7-6-13-8(9-7)10(2-4-11)3-5-12/h6,11-12H,2-5H2,1H3. The molecule has 0 aliphatic rings. The SMILES string of the molecule is Cc1csc(N(CCO)CCO)n1. The van der Waals surface area contributed by atoms with Crippen LogP contribution in [0.15, 0.2) is 5.38 Å². The molecular formula is C8H14N2O2S. The minimum Gasteiger partial charge on any atom is -0.395 e. The molecule has 0 fully saturated rings. The van der Waals surface area contributed by atoms with Gasteiger partial charge >= 0.3 is 0 Å². The molecule has 0 aliphatic heterocycles. The summed E-state index contributed by atoms with van der Waals surface area (Å²) in [5.41, 5.74) is 0.973. The normalized spacial score (nSPS) is 10.4. The van der Waals surface area contributed by atoms with E-state index in [9.17, 15) is 0 Å². The van der Waals surface area contributed by atoms with Crippen molar-refractivity contribution in [3.05, 3.63) is 11.1 Å². The van der Waals surface area contributed by atoms with E-state index in [0.717, 1.165) is 10.8 Å². The van der Waals surface area contributed by atoms with Crippen LogP contribution in [-0.4, -0.2) is 41.5 Å². The predicted molar refractivity (Wildman–Crippen MR) is 53.2 cm³/mol. The molecule has 0 spiro atoms. The fourth-order valence-corrected chi connectivity index (χ4v) is 1.89. The van der Waals surface area contributed by atoms with Crippen molar-refractivity contribution in [2.24, 2.45) is 0 Å². The first-order valence-corrected chi connectivity index (χ1v) is 5.04. The molecule has 5 heteroatoms. The molecule has 0 aromatic carbocycles. The highest BCUT2D eigenvalue weighted by atomic mass is 32.1. The average Bonchev–Trinajstić information content (AvgIpc) is 2.51. The van der Waals surface area contributed by atoms with Gasteiger partial charge in [0.25, 0.3) is 0 Å². The van der Waals surface area contributed by atoms with E-state index in [2.05, 4.69) is 4.98 Å². The van der Waals surface area contributed by atoms with Gasteiger partial charge in [-0.25, -0.2) is 4.98 Å². The number of aromatic nitrogens is 1. The first-order valence-electron chi connectivity index (χ1n) is 4.16. The van der Waals surface area contributed by atoms with E-state index in [1.165, 1.54) is 11.3 Å². The summed E-state index contributed by atoms with van der Waals surface area (Å²) in [4.78, 5) is 6.14. The molecule has 1 heterocycles. The van der Waals surface area contributed by atoms with Crippen LogP contribution in [0.3, 0.4) is 0 Å². The fourth-order valence-electron chi connectivity index (χ4n) is 1.03. The van der Waals surface area contributed by atoms with Gasteiger partial charge in [0.05, 0.1) is 18.9 Å². The van der Waals surface area contributed by atoms with Crippen LogP contribution < -0.4 is 4.90 Å². The van der Waals surface area contributed by atoms with Gasteiger partial charge in [-0.15, -0.1) is 11.3 Å². The zero-order valence-corrected chi connectivity index (χ0v) is 8.42. The van der Waals surface area contributed by atoms with Gasteiger partial charge < -0.3 is 15.1 Å². The van der Waals surface area contributed by atoms with E-state index in [-0.39, 0.29) is 13.2 Å². The van der Waals surface area contributed by atoms with Crippen molar-refractivity contribution in [2.75, 3.05) is 31.2 Å². The molecule has 0 amide bonds. The molecule has 1 rings (SSSR count). The van der Waals surface area contributed by atoms with Crippen molar-refractivity contribution < 1.29 is 10.2 Å². The summed E-state index contributed by atoms with van der Waals surface area (Å²) in [7, 11) is 0. The molecule has 0 bridgehead atoms. The molecular weight excluding hydrogens is 188 g/mol. The van der Waals surface area contributed by atoms with Crippen molar-refractivity contribution in [2.45, 2.75) is 6.92 Å². The molecule has 4 nitrogen and oxygen atoms in total. The van der Waals surface area contributed by atoms with Crippen molar-refractivity contribution in [3.8, 4) is 0 Å². The van der Waals surface area contributed by atoms with Gasteiger partial charge in [-0.1, -0.05) is 0 Å². The highest BCUT2D eigenvalue weighted by Crippen LogP contribution is 2.19. The van der Waals surface area contributed by atoms with Crippen LogP contribution in [-0.2, 0) is 0 Å². The second-order valence-electron chi connectivity index (χ2n) is 2.71. The maximum absolute atomic E-state index is 8.78. The largest absolute Gasteiger partial charge is 0.395 e. The summed E-state index contributed by atoms with van der Waals surface area (Å²) in [6.07, 6.45) is 0. The van der Waals surface area contributed by atoms with Crippen molar-refractivity contribution >= 4 is 16.5 Å². The summed E-state index contributed by atoms with van der Waals surface area (Å²) in [6.45, 7) is 3.13. The Hall–Kier alpha value is -0.650. The number of thiazole rings is 1. The zero-order valence-electron chi connectivity index (χ0n) is 7.60. The van der Waals surface area contributed by atoms with E-state index >= 15 is 0 Å². The summed E-state index contributed by atoms with van der Waals surface area (Å²) in [5.74, 6) is 0. The second-order valence-corrected chi connectivity index (χ2v) is 3.54. The molecule has 0 unspecified atom stereocenters. The number of hydrogen-bond acceptors (Lipinski definition) is 5. The quantitative estimate of drug-likeness (QED) is 0.718. The van der Waals surface area contributed by atoms with Crippen molar-refractivity contribution in [1.29, 1.82) is 0 Å². The Morgan fingerprint density at radius 2 is 2.00 bits per heavy atom. The molecule has 74 valence electrons. The van der Waals surface area contributed by atoms with Crippen LogP contribution in [0.1, 0.15) is 5.69 Å². The first-order chi connectivity index (χ1) is 6.27. The van der Waals surface area contributed by atoms with Crippen LogP contribution in [0.25, 0.3) is 0 Å². The zero-order chi connectivity index (χ0) is 9.68. The number of aliphatic hydroxyl groups excluding tert-OH is 2. The summed E-state index contributed by atoms with van der Waals surface area (Å²) >= 11 is 1.53. The van der Waals surface area contributed by atoms with Crippen LogP contribution in [0.5, 0.6) is 0 Å². The Balaban J connectivity index is 2.63. The smallest absolute Gasteiger partial charge is 0.185 e. The van der Waals surface area contributed by atoms with E-state index in [4.69, 9.17) is 10.2 Å². The Kier molecular flexibility index (Phi) is 4.14. The fraction of sp³-hybridized carbons (Fsp3) is 0.625. The first kappa shape index (κ1) is 10.4. The number of anilines is 1. The molecule has 0 saturated carbocycles.